The number of ether oxygens (including phenoxy) is 4. The third kappa shape index (κ3) is 3.78. The van der Waals surface area contributed by atoms with Gasteiger partial charge >= 0.3 is 5.97 Å². The minimum absolute atomic E-state index is 0.260. The quantitative estimate of drug-likeness (QED) is 0.660. The van der Waals surface area contributed by atoms with Crippen LogP contribution in [0.5, 0.6) is 11.5 Å². The van der Waals surface area contributed by atoms with Crippen LogP contribution in [0, 0.1) is 5.92 Å². The number of hydrogen-bond donors (Lipinski definition) is 1. The van der Waals surface area contributed by atoms with Crippen molar-refractivity contribution in [1.29, 1.82) is 0 Å². The monoisotopic (exact) mass is 295 g/mol. The molecule has 0 radical (unpaired) electrons. The molecule has 2 rings (SSSR count). The van der Waals surface area contributed by atoms with E-state index in [0.717, 1.165) is 26.1 Å². The number of carbonyl (C=O) groups excluding carboxylic acids is 1. The van der Waals surface area contributed by atoms with Gasteiger partial charge in [-0.1, -0.05) is 0 Å². The van der Waals surface area contributed by atoms with Gasteiger partial charge in [0.15, 0.2) is 0 Å². The lowest BCUT2D eigenvalue weighted by molar-refractivity contribution is 0.0186. The molecule has 0 atom stereocenters. The van der Waals surface area contributed by atoms with Crippen molar-refractivity contribution in [3.8, 4) is 11.5 Å². The highest BCUT2D eigenvalue weighted by Gasteiger charge is 2.20. The van der Waals surface area contributed by atoms with Gasteiger partial charge < -0.3 is 24.7 Å². The smallest absolute Gasteiger partial charge is 0.340 e. The molecule has 6 heteroatoms. The van der Waals surface area contributed by atoms with Crippen LogP contribution in [0.3, 0.4) is 0 Å². The molecule has 1 aromatic rings. The van der Waals surface area contributed by atoms with Crippen LogP contribution in [-0.2, 0) is 9.47 Å². The molecule has 6 nitrogen and oxygen atoms in total. The van der Waals surface area contributed by atoms with E-state index in [0.29, 0.717) is 24.0 Å². The molecule has 2 N–H and O–H groups in total. The normalized spacial score (nSPS) is 15.5. The number of esters is 1. The highest BCUT2D eigenvalue weighted by molar-refractivity contribution is 5.97. The molecule has 0 aliphatic carbocycles. The molecule has 21 heavy (non-hydrogen) atoms. The molecule has 1 heterocycles. The van der Waals surface area contributed by atoms with Crippen molar-refractivity contribution in [2.75, 3.05) is 39.8 Å². The summed E-state index contributed by atoms with van der Waals surface area (Å²) in [6.07, 6.45) is 1.81. The molecule has 0 amide bonds. The fourth-order valence-corrected chi connectivity index (χ4v) is 2.24. The van der Waals surface area contributed by atoms with Gasteiger partial charge in [-0.25, -0.2) is 4.79 Å². The highest BCUT2D eigenvalue weighted by Crippen LogP contribution is 2.31. The lowest BCUT2D eigenvalue weighted by Gasteiger charge is -2.21. The Morgan fingerprint density at radius 3 is 2.62 bits per heavy atom. The van der Waals surface area contributed by atoms with Gasteiger partial charge in [0.05, 0.1) is 32.1 Å². The Labute approximate surface area is 124 Å². The second-order valence-corrected chi connectivity index (χ2v) is 4.95. The number of nitrogen functional groups attached to an aromatic ring is 1. The van der Waals surface area contributed by atoms with Gasteiger partial charge in [0.25, 0.3) is 0 Å². The van der Waals surface area contributed by atoms with Gasteiger partial charge in [0.2, 0.25) is 0 Å². The third-order valence-corrected chi connectivity index (χ3v) is 3.58. The largest absolute Gasteiger partial charge is 0.497 e. The summed E-state index contributed by atoms with van der Waals surface area (Å²) in [7, 11) is 3.00. The van der Waals surface area contributed by atoms with Crippen LogP contribution < -0.4 is 15.2 Å². The maximum absolute atomic E-state index is 12.2. The van der Waals surface area contributed by atoms with Crippen molar-refractivity contribution >= 4 is 11.7 Å². The van der Waals surface area contributed by atoms with E-state index in [1.54, 1.807) is 12.1 Å². The molecule has 0 saturated carbocycles. The standard InChI is InChI=1S/C15H21NO5/c1-18-11-7-12(14(16)13(8-11)19-2)15(17)21-9-10-3-5-20-6-4-10/h7-8,10H,3-6,9,16H2,1-2H3. The van der Waals surface area contributed by atoms with Crippen LogP contribution in [0.2, 0.25) is 0 Å². The number of rotatable bonds is 5. The number of methoxy groups -OCH3 is 2. The Kier molecular flexibility index (Phi) is 5.27. The molecular weight excluding hydrogens is 274 g/mol. The SMILES string of the molecule is COc1cc(OC)c(N)c(C(=O)OCC2CCOCC2)c1. The van der Waals surface area contributed by atoms with E-state index in [1.165, 1.54) is 14.2 Å². The summed E-state index contributed by atoms with van der Waals surface area (Å²) in [6.45, 7) is 1.82. The molecule has 1 fully saturated rings. The summed E-state index contributed by atoms with van der Waals surface area (Å²) in [4.78, 5) is 12.2. The van der Waals surface area contributed by atoms with Crippen LogP contribution in [0.15, 0.2) is 12.1 Å². The first-order valence-corrected chi connectivity index (χ1v) is 6.92. The van der Waals surface area contributed by atoms with E-state index < -0.39 is 5.97 Å². The van der Waals surface area contributed by atoms with Crippen LogP contribution in [0.4, 0.5) is 5.69 Å². The summed E-state index contributed by atoms with van der Waals surface area (Å²) in [6, 6.07) is 3.19. The fraction of sp³-hybridized carbons (Fsp3) is 0.533. The molecule has 1 saturated heterocycles. The van der Waals surface area contributed by atoms with Crippen LogP contribution >= 0.6 is 0 Å². The Hall–Kier alpha value is -1.95. The van der Waals surface area contributed by atoms with Crippen LogP contribution in [0.1, 0.15) is 23.2 Å². The van der Waals surface area contributed by atoms with E-state index in [-0.39, 0.29) is 11.3 Å². The molecule has 1 aromatic carbocycles. The van der Waals surface area contributed by atoms with Crippen molar-refractivity contribution in [2.45, 2.75) is 12.8 Å². The van der Waals surface area contributed by atoms with Crippen LogP contribution in [0.25, 0.3) is 0 Å². The topological polar surface area (TPSA) is 80.0 Å². The fourth-order valence-electron chi connectivity index (χ4n) is 2.24. The van der Waals surface area contributed by atoms with E-state index in [4.69, 9.17) is 24.7 Å². The predicted molar refractivity (Wildman–Crippen MR) is 77.8 cm³/mol. The second-order valence-electron chi connectivity index (χ2n) is 4.95. The number of hydrogen-bond acceptors (Lipinski definition) is 6. The van der Waals surface area contributed by atoms with Gasteiger partial charge in [0.1, 0.15) is 11.5 Å². The van der Waals surface area contributed by atoms with Crippen LogP contribution in [-0.4, -0.2) is 40.0 Å². The molecule has 1 aliphatic rings. The third-order valence-electron chi connectivity index (χ3n) is 3.58. The number of carbonyl (C=O) groups is 1. The lowest BCUT2D eigenvalue weighted by atomic mass is 10.0. The lowest BCUT2D eigenvalue weighted by Crippen LogP contribution is -2.22. The number of anilines is 1. The van der Waals surface area contributed by atoms with E-state index in [2.05, 4.69) is 0 Å². The van der Waals surface area contributed by atoms with Gasteiger partial charge in [-0.3, -0.25) is 0 Å². The van der Waals surface area contributed by atoms with Gasteiger partial charge in [-0.2, -0.15) is 0 Å². The highest BCUT2D eigenvalue weighted by atomic mass is 16.5. The maximum Gasteiger partial charge on any atom is 0.340 e. The van der Waals surface area contributed by atoms with E-state index >= 15 is 0 Å². The van der Waals surface area contributed by atoms with E-state index in [9.17, 15) is 4.79 Å². The van der Waals surface area contributed by atoms with Gasteiger partial charge in [-0.05, 0) is 24.8 Å². The number of benzene rings is 1. The molecule has 0 spiro atoms. The first kappa shape index (κ1) is 15.4. The first-order chi connectivity index (χ1) is 10.2. The summed E-state index contributed by atoms with van der Waals surface area (Å²) in [5.41, 5.74) is 6.45. The molecular formula is C15H21NO5. The molecule has 116 valence electrons. The Morgan fingerprint density at radius 1 is 1.29 bits per heavy atom. The van der Waals surface area contributed by atoms with Gasteiger partial charge in [-0.15, -0.1) is 0 Å². The molecule has 0 aromatic heterocycles. The Balaban J connectivity index is 2.07. The van der Waals surface area contributed by atoms with Crippen molar-refractivity contribution in [1.82, 2.24) is 0 Å². The summed E-state index contributed by atoms with van der Waals surface area (Å²) in [5, 5.41) is 0. The molecule has 1 aliphatic heterocycles. The summed E-state index contributed by atoms with van der Waals surface area (Å²) < 4.78 is 20.9. The molecule has 0 unspecified atom stereocenters. The minimum atomic E-state index is -0.462. The Bertz CT molecular complexity index is 497. The zero-order valence-electron chi connectivity index (χ0n) is 12.4. The number of nitrogens with two attached hydrogens (primary N) is 1. The Morgan fingerprint density at radius 2 is 2.00 bits per heavy atom. The van der Waals surface area contributed by atoms with Crippen molar-refractivity contribution in [3.63, 3.8) is 0 Å². The van der Waals surface area contributed by atoms with Crippen molar-refractivity contribution < 1.29 is 23.7 Å². The summed E-state index contributed by atoms with van der Waals surface area (Å²) in [5.74, 6) is 0.777. The maximum atomic E-state index is 12.2. The van der Waals surface area contributed by atoms with Crippen molar-refractivity contribution in [2.24, 2.45) is 5.92 Å². The van der Waals surface area contributed by atoms with Gasteiger partial charge in [0, 0.05) is 19.3 Å². The first-order valence-electron chi connectivity index (χ1n) is 6.92. The molecule has 0 bridgehead atoms. The average molecular weight is 295 g/mol. The van der Waals surface area contributed by atoms with E-state index in [1.807, 2.05) is 0 Å². The summed E-state index contributed by atoms with van der Waals surface area (Å²) >= 11 is 0. The minimum Gasteiger partial charge on any atom is -0.497 e. The predicted octanol–water partition coefficient (Wildman–Crippen LogP) is 1.87. The van der Waals surface area contributed by atoms with Crippen molar-refractivity contribution in [3.05, 3.63) is 17.7 Å². The zero-order valence-corrected chi connectivity index (χ0v) is 12.4. The average Bonchev–Trinajstić information content (AvgIpc) is 2.53. The second kappa shape index (κ2) is 7.17. The zero-order chi connectivity index (χ0) is 15.2.